The first kappa shape index (κ1) is 20.8. The van der Waals surface area contributed by atoms with E-state index >= 15 is 0 Å². The molecule has 1 aromatic rings. The van der Waals surface area contributed by atoms with Crippen molar-refractivity contribution in [3.05, 3.63) is 40.0 Å². The van der Waals surface area contributed by atoms with Crippen molar-refractivity contribution in [2.24, 2.45) is 17.3 Å². The van der Waals surface area contributed by atoms with Crippen LogP contribution in [0.1, 0.15) is 67.7 Å². The molecule has 1 fully saturated rings. The van der Waals surface area contributed by atoms with Crippen LogP contribution in [0.2, 0.25) is 0 Å². The Morgan fingerprint density at radius 2 is 1.45 bits per heavy atom. The van der Waals surface area contributed by atoms with Gasteiger partial charge in [-0.25, -0.2) is 0 Å². The lowest BCUT2D eigenvalue weighted by Crippen LogP contribution is -2.50. The largest absolute Gasteiger partial charge is 0.403 e. The SMILES string of the molecule is CCCC1CCC(C2=Cc3cc4c(cc3C2)CC(C(F)(F)F)(C(F)(F)F)C4)CC1. The third-order valence-corrected chi connectivity index (χ3v) is 7.33. The Hall–Kier alpha value is -1.46. The maximum Gasteiger partial charge on any atom is 0.403 e. The van der Waals surface area contributed by atoms with Gasteiger partial charge in [0.25, 0.3) is 0 Å². The van der Waals surface area contributed by atoms with Gasteiger partial charge in [-0.1, -0.05) is 43.5 Å². The molecule has 0 N–H and O–H groups in total. The Morgan fingerprint density at radius 3 is 2.00 bits per heavy atom. The Labute approximate surface area is 167 Å². The van der Waals surface area contributed by atoms with Crippen LogP contribution in [0.5, 0.6) is 0 Å². The van der Waals surface area contributed by atoms with Crippen molar-refractivity contribution in [1.29, 1.82) is 0 Å². The number of allylic oxidation sites excluding steroid dienone is 1. The van der Waals surface area contributed by atoms with E-state index in [1.165, 1.54) is 31.3 Å². The van der Waals surface area contributed by atoms with Crippen LogP contribution in [0.4, 0.5) is 26.3 Å². The van der Waals surface area contributed by atoms with E-state index in [1.807, 2.05) is 6.08 Å². The van der Waals surface area contributed by atoms with Gasteiger partial charge in [-0.15, -0.1) is 0 Å². The highest BCUT2D eigenvalue weighted by Gasteiger charge is 2.72. The van der Waals surface area contributed by atoms with Gasteiger partial charge in [0.1, 0.15) is 0 Å². The molecule has 1 aromatic carbocycles. The van der Waals surface area contributed by atoms with Gasteiger partial charge in [-0.2, -0.15) is 26.3 Å². The maximum atomic E-state index is 13.4. The van der Waals surface area contributed by atoms with Crippen molar-refractivity contribution in [3.63, 3.8) is 0 Å². The summed E-state index contributed by atoms with van der Waals surface area (Å²) in [4.78, 5) is 0. The van der Waals surface area contributed by atoms with Gasteiger partial charge in [-0.3, -0.25) is 0 Å². The molecule has 0 amide bonds. The number of fused-ring (bicyclic) bond motifs is 2. The lowest BCUT2D eigenvalue weighted by Gasteiger charge is -2.33. The Bertz CT molecular complexity index is 792. The number of benzene rings is 1. The van der Waals surface area contributed by atoms with Crippen LogP contribution in [-0.4, -0.2) is 12.4 Å². The molecule has 3 aliphatic carbocycles. The van der Waals surface area contributed by atoms with Crippen LogP contribution in [0.3, 0.4) is 0 Å². The predicted octanol–water partition coefficient (Wildman–Crippen LogP) is 7.44. The number of hydrogen-bond acceptors (Lipinski definition) is 0. The molecule has 0 bridgehead atoms. The van der Waals surface area contributed by atoms with Crippen LogP contribution in [0, 0.1) is 17.3 Å². The summed E-state index contributed by atoms with van der Waals surface area (Å²) in [6, 6.07) is 3.19. The van der Waals surface area contributed by atoms with Crippen LogP contribution in [0.15, 0.2) is 17.7 Å². The molecule has 1 saturated carbocycles. The zero-order chi connectivity index (χ0) is 21.0. The van der Waals surface area contributed by atoms with E-state index in [9.17, 15) is 26.3 Å². The Morgan fingerprint density at radius 1 is 0.862 bits per heavy atom. The van der Waals surface area contributed by atoms with E-state index in [0.29, 0.717) is 12.3 Å². The lowest BCUT2D eigenvalue weighted by molar-refractivity contribution is -0.337. The van der Waals surface area contributed by atoms with Crippen LogP contribution in [0.25, 0.3) is 6.08 Å². The lowest BCUT2D eigenvalue weighted by atomic mass is 9.76. The molecule has 160 valence electrons. The van der Waals surface area contributed by atoms with E-state index in [2.05, 4.69) is 6.92 Å². The highest BCUT2D eigenvalue weighted by molar-refractivity contribution is 5.66. The van der Waals surface area contributed by atoms with Crippen molar-refractivity contribution in [3.8, 4) is 0 Å². The summed E-state index contributed by atoms with van der Waals surface area (Å²) in [5.41, 5.74) is -0.246. The summed E-state index contributed by atoms with van der Waals surface area (Å²) in [5, 5.41) is 0. The highest BCUT2D eigenvalue weighted by atomic mass is 19.4. The van der Waals surface area contributed by atoms with Crippen LogP contribution < -0.4 is 0 Å². The molecular weight excluding hydrogens is 390 g/mol. The second-order valence-electron chi connectivity index (χ2n) is 9.15. The second kappa shape index (κ2) is 7.05. The minimum absolute atomic E-state index is 0.197. The summed E-state index contributed by atoms with van der Waals surface area (Å²) < 4.78 is 80.6. The number of hydrogen-bond donors (Lipinski definition) is 0. The molecule has 0 aliphatic heterocycles. The minimum atomic E-state index is -5.31. The van der Waals surface area contributed by atoms with Gasteiger partial charge < -0.3 is 0 Å². The molecule has 0 aromatic heterocycles. The highest BCUT2D eigenvalue weighted by Crippen LogP contribution is 2.58. The monoisotopic (exact) mass is 416 g/mol. The Kier molecular flexibility index (Phi) is 5.06. The third kappa shape index (κ3) is 3.50. The van der Waals surface area contributed by atoms with Gasteiger partial charge >= 0.3 is 12.4 Å². The first-order chi connectivity index (χ1) is 13.5. The van der Waals surface area contributed by atoms with Crippen molar-refractivity contribution >= 4 is 6.08 Å². The normalized spacial score (nSPS) is 26.2. The van der Waals surface area contributed by atoms with Gasteiger partial charge in [0.05, 0.1) is 0 Å². The van der Waals surface area contributed by atoms with E-state index in [4.69, 9.17) is 0 Å². The Balaban J connectivity index is 1.54. The topological polar surface area (TPSA) is 0 Å². The molecule has 6 heteroatoms. The standard InChI is InChI=1S/C23H26F6/c1-2-3-14-4-6-15(7-5-14)16-8-17-10-19-12-21(22(24,25)26,23(27,28)29)13-20(19)11-18(17)9-16/h8,10-11,14-15H,2-7,9,12-13H2,1H3. The minimum Gasteiger partial charge on any atom is -0.170 e. The van der Waals surface area contributed by atoms with Gasteiger partial charge in [0.2, 0.25) is 0 Å². The van der Waals surface area contributed by atoms with Crippen molar-refractivity contribution in [2.45, 2.75) is 77.1 Å². The molecule has 0 unspecified atom stereocenters. The number of halogens is 6. The summed E-state index contributed by atoms with van der Waals surface area (Å²) in [5.74, 6) is 1.29. The molecule has 0 spiro atoms. The first-order valence-corrected chi connectivity index (χ1v) is 10.5. The zero-order valence-electron chi connectivity index (χ0n) is 16.5. The summed E-state index contributed by atoms with van der Waals surface area (Å²) in [6.07, 6.45) is -2.78. The fourth-order valence-electron chi connectivity index (χ4n) is 5.61. The van der Waals surface area contributed by atoms with Crippen molar-refractivity contribution < 1.29 is 26.3 Å². The molecule has 0 heterocycles. The molecular formula is C23H26F6. The maximum absolute atomic E-state index is 13.4. The first-order valence-electron chi connectivity index (χ1n) is 10.5. The summed E-state index contributed by atoms with van der Waals surface area (Å²) in [7, 11) is 0. The fraction of sp³-hybridized carbons (Fsp3) is 0.652. The zero-order valence-corrected chi connectivity index (χ0v) is 16.5. The molecule has 0 atom stereocenters. The average molecular weight is 416 g/mol. The van der Waals surface area contributed by atoms with Crippen molar-refractivity contribution in [2.75, 3.05) is 0 Å². The van der Waals surface area contributed by atoms with E-state index in [-0.39, 0.29) is 11.1 Å². The summed E-state index contributed by atoms with van der Waals surface area (Å²) in [6.45, 7) is 2.20. The molecule has 4 rings (SSSR count). The average Bonchev–Trinajstić information content (AvgIpc) is 3.20. The summed E-state index contributed by atoms with van der Waals surface area (Å²) >= 11 is 0. The molecule has 0 saturated heterocycles. The predicted molar refractivity (Wildman–Crippen MR) is 100 cm³/mol. The smallest absolute Gasteiger partial charge is 0.170 e. The van der Waals surface area contributed by atoms with Crippen LogP contribution in [-0.2, 0) is 19.3 Å². The second-order valence-corrected chi connectivity index (χ2v) is 9.15. The third-order valence-electron chi connectivity index (χ3n) is 7.33. The van der Waals surface area contributed by atoms with Crippen LogP contribution >= 0.6 is 0 Å². The quantitative estimate of drug-likeness (QED) is 0.449. The van der Waals surface area contributed by atoms with Gasteiger partial charge in [-0.05, 0) is 79.0 Å². The van der Waals surface area contributed by atoms with E-state index in [1.54, 1.807) is 12.1 Å². The molecule has 0 nitrogen and oxygen atoms in total. The number of alkyl halides is 6. The molecule has 3 aliphatic rings. The van der Waals surface area contributed by atoms with Gasteiger partial charge in [0.15, 0.2) is 5.41 Å². The van der Waals surface area contributed by atoms with E-state index < -0.39 is 30.6 Å². The van der Waals surface area contributed by atoms with Gasteiger partial charge in [0, 0.05) is 0 Å². The fourth-order valence-corrected chi connectivity index (χ4v) is 5.61. The molecule has 29 heavy (non-hydrogen) atoms. The number of rotatable bonds is 3. The van der Waals surface area contributed by atoms with E-state index in [0.717, 1.165) is 29.9 Å². The molecule has 0 radical (unpaired) electrons. The van der Waals surface area contributed by atoms with Crippen molar-refractivity contribution in [1.82, 2.24) is 0 Å².